The van der Waals surface area contributed by atoms with Gasteiger partial charge in [0.2, 0.25) is 0 Å². The standard InChI is InChI=1S/C23H34N4OS/c1-4-18-11-19-21(24-15-25-22(19)29-18)26-8-7-23(12-26)13-27(14-23)20(16(2)3)17-5-9-28-10-6-17/h11,15-17,20H,4-10,12-14H2,1-3H3. The number of hydrogen-bond acceptors (Lipinski definition) is 6. The highest BCUT2D eigenvalue weighted by atomic mass is 32.1. The second-order valence-electron chi connectivity index (χ2n) is 9.74. The summed E-state index contributed by atoms with van der Waals surface area (Å²) >= 11 is 1.82. The van der Waals surface area contributed by atoms with Crippen LogP contribution in [-0.4, -0.2) is 60.3 Å². The van der Waals surface area contributed by atoms with Gasteiger partial charge in [-0.05, 0) is 43.6 Å². The minimum absolute atomic E-state index is 0.458. The van der Waals surface area contributed by atoms with Crippen molar-refractivity contribution >= 4 is 27.4 Å². The number of likely N-dealkylation sites (tertiary alicyclic amines) is 1. The molecule has 5 nitrogen and oxygen atoms in total. The Morgan fingerprint density at radius 3 is 2.72 bits per heavy atom. The lowest BCUT2D eigenvalue weighted by atomic mass is 9.74. The maximum absolute atomic E-state index is 5.63. The SMILES string of the molecule is CCc1cc2c(N3CCC4(C3)CN(C(C(C)C)C3CCOCC3)C4)ncnc2s1. The van der Waals surface area contributed by atoms with Gasteiger partial charge in [0, 0.05) is 55.7 Å². The Morgan fingerprint density at radius 2 is 2.00 bits per heavy atom. The Balaban J connectivity index is 1.29. The largest absolute Gasteiger partial charge is 0.381 e. The number of aromatic nitrogens is 2. The van der Waals surface area contributed by atoms with Gasteiger partial charge in [-0.1, -0.05) is 20.8 Å². The fourth-order valence-corrected chi connectivity index (χ4v) is 6.97. The first-order valence-corrected chi connectivity index (χ1v) is 12.2. The molecular weight excluding hydrogens is 380 g/mol. The summed E-state index contributed by atoms with van der Waals surface area (Å²) in [7, 11) is 0. The highest BCUT2D eigenvalue weighted by molar-refractivity contribution is 7.18. The molecule has 1 atom stereocenters. The first-order chi connectivity index (χ1) is 14.1. The molecule has 0 saturated carbocycles. The average molecular weight is 415 g/mol. The maximum Gasteiger partial charge on any atom is 0.140 e. The van der Waals surface area contributed by atoms with Crippen molar-refractivity contribution in [1.29, 1.82) is 0 Å². The van der Waals surface area contributed by atoms with Crippen LogP contribution in [0.5, 0.6) is 0 Å². The van der Waals surface area contributed by atoms with Gasteiger partial charge in [-0.2, -0.15) is 0 Å². The lowest BCUT2D eigenvalue weighted by Gasteiger charge is -2.55. The van der Waals surface area contributed by atoms with Gasteiger partial charge in [0.25, 0.3) is 0 Å². The highest BCUT2D eigenvalue weighted by Gasteiger charge is 2.51. The lowest BCUT2D eigenvalue weighted by molar-refractivity contribution is -0.0703. The third kappa shape index (κ3) is 3.57. The van der Waals surface area contributed by atoms with E-state index >= 15 is 0 Å². The summed E-state index contributed by atoms with van der Waals surface area (Å²) < 4.78 is 5.63. The van der Waals surface area contributed by atoms with E-state index in [0.717, 1.165) is 49.3 Å². The summed E-state index contributed by atoms with van der Waals surface area (Å²) in [5, 5.41) is 1.25. The van der Waals surface area contributed by atoms with Crippen LogP contribution < -0.4 is 4.90 Å². The van der Waals surface area contributed by atoms with E-state index in [9.17, 15) is 0 Å². The van der Waals surface area contributed by atoms with Gasteiger partial charge in [0.15, 0.2) is 0 Å². The van der Waals surface area contributed by atoms with Gasteiger partial charge in [-0.25, -0.2) is 9.97 Å². The Labute approximate surface area is 178 Å². The molecule has 1 spiro atoms. The molecule has 1 unspecified atom stereocenters. The molecule has 0 aromatic carbocycles. The first-order valence-electron chi connectivity index (χ1n) is 11.4. The molecule has 29 heavy (non-hydrogen) atoms. The van der Waals surface area contributed by atoms with Crippen LogP contribution in [-0.2, 0) is 11.2 Å². The number of ether oxygens (including phenoxy) is 1. The third-order valence-electron chi connectivity index (χ3n) is 7.38. The zero-order chi connectivity index (χ0) is 20.0. The molecule has 5 heterocycles. The maximum atomic E-state index is 5.63. The second-order valence-corrected chi connectivity index (χ2v) is 10.9. The molecule has 0 bridgehead atoms. The number of aryl methyl sites for hydroxylation is 1. The Morgan fingerprint density at radius 1 is 1.21 bits per heavy atom. The predicted molar refractivity (Wildman–Crippen MR) is 120 cm³/mol. The van der Waals surface area contributed by atoms with Gasteiger partial charge in [0.1, 0.15) is 17.0 Å². The van der Waals surface area contributed by atoms with E-state index in [0.29, 0.717) is 17.4 Å². The molecule has 6 heteroatoms. The lowest BCUT2D eigenvalue weighted by Crippen LogP contribution is -2.63. The van der Waals surface area contributed by atoms with E-state index < -0.39 is 0 Å². The van der Waals surface area contributed by atoms with Crippen molar-refractivity contribution in [3.05, 3.63) is 17.3 Å². The third-order valence-corrected chi connectivity index (χ3v) is 8.56. The fourth-order valence-electron chi connectivity index (χ4n) is 6.04. The smallest absolute Gasteiger partial charge is 0.140 e. The molecule has 3 saturated heterocycles. The molecule has 158 valence electrons. The van der Waals surface area contributed by atoms with Gasteiger partial charge in [0.05, 0.1) is 5.39 Å². The quantitative estimate of drug-likeness (QED) is 0.733. The van der Waals surface area contributed by atoms with Crippen molar-refractivity contribution in [3.63, 3.8) is 0 Å². The predicted octanol–water partition coefficient (Wildman–Crippen LogP) is 4.22. The van der Waals surface area contributed by atoms with Crippen LogP contribution in [0.3, 0.4) is 0 Å². The van der Waals surface area contributed by atoms with Crippen LogP contribution in [0.2, 0.25) is 0 Å². The summed E-state index contributed by atoms with van der Waals surface area (Å²) in [5.41, 5.74) is 0.458. The molecule has 3 aliphatic heterocycles. The topological polar surface area (TPSA) is 41.5 Å². The highest BCUT2D eigenvalue weighted by Crippen LogP contribution is 2.45. The Bertz CT molecular complexity index is 854. The zero-order valence-electron chi connectivity index (χ0n) is 18.1. The number of nitrogens with zero attached hydrogens (tertiary/aromatic N) is 4. The zero-order valence-corrected chi connectivity index (χ0v) is 18.9. The van der Waals surface area contributed by atoms with E-state index in [-0.39, 0.29) is 0 Å². The van der Waals surface area contributed by atoms with Crippen LogP contribution in [0.4, 0.5) is 5.82 Å². The molecule has 0 N–H and O–H groups in total. The van der Waals surface area contributed by atoms with Crippen LogP contribution in [0.25, 0.3) is 10.2 Å². The molecule has 2 aromatic heterocycles. The van der Waals surface area contributed by atoms with E-state index in [1.807, 2.05) is 11.3 Å². The average Bonchev–Trinajstić information content (AvgIpc) is 3.32. The molecule has 5 rings (SSSR count). The van der Waals surface area contributed by atoms with Gasteiger partial charge in [-0.15, -0.1) is 11.3 Å². The molecule has 3 fully saturated rings. The van der Waals surface area contributed by atoms with Crippen molar-refractivity contribution in [2.45, 2.75) is 52.5 Å². The minimum atomic E-state index is 0.458. The monoisotopic (exact) mass is 414 g/mol. The fraction of sp³-hybridized carbons (Fsp3) is 0.739. The number of fused-ring (bicyclic) bond motifs is 1. The number of anilines is 1. The van der Waals surface area contributed by atoms with E-state index in [4.69, 9.17) is 9.72 Å². The molecule has 2 aromatic rings. The van der Waals surface area contributed by atoms with E-state index in [1.54, 1.807) is 6.33 Å². The number of rotatable bonds is 5. The van der Waals surface area contributed by atoms with E-state index in [2.05, 4.69) is 41.6 Å². The van der Waals surface area contributed by atoms with Crippen LogP contribution in [0.15, 0.2) is 12.4 Å². The number of hydrogen-bond donors (Lipinski definition) is 0. The number of thiophene rings is 1. The van der Waals surface area contributed by atoms with Gasteiger partial charge >= 0.3 is 0 Å². The van der Waals surface area contributed by atoms with E-state index in [1.165, 1.54) is 42.6 Å². The van der Waals surface area contributed by atoms with Crippen molar-refractivity contribution in [1.82, 2.24) is 14.9 Å². The summed E-state index contributed by atoms with van der Waals surface area (Å²) in [6.07, 6.45) is 6.58. The van der Waals surface area contributed by atoms with Crippen molar-refractivity contribution in [2.75, 3.05) is 44.3 Å². The normalized spacial score (nSPS) is 23.9. The van der Waals surface area contributed by atoms with Crippen molar-refractivity contribution in [2.24, 2.45) is 17.3 Å². The Kier molecular flexibility index (Phi) is 5.29. The Hall–Kier alpha value is -1.24. The molecule has 0 amide bonds. The molecule has 3 aliphatic rings. The minimum Gasteiger partial charge on any atom is -0.381 e. The van der Waals surface area contributed by atoms with Crippen LogP contribution in [0, 0.1) is 17.3 Å². The van der Waals surface area contributed by atoms with Gasteiger partial charge < -0.3 is 9.64 Å². The van der Waals surface area contributed by atoms with Crippen molar-refractivity contribution < 1.29 is 4.74 Å². The first kappa shape index (κ1) is 19.7. The summed E-state index contributed by atoms with van der Waals surface area (Å²) in [6, 6.07) is 3.03. The molecule has 0 aliphatic carbocycles. The summed E-state index contributed by atoms with van der Waals surface area (Å²) in [6.45, 7) is 13.7. The second kappa shape index (κ2) is 7.78. The molecule has 0 radical (unpaired) electrons. The van der Waals surface area contributed by atoms with Gasteiger partial charge in [-0.3, -0.25) is 4.90 Å². The summed E-state index contributed by atoms with van der Waals surface area (Å²) in [4.78, 5) is 17.1. The van der Waals surface area contributed by atoms with Crippen LogP contribution >= 0.6 is 11.3 Å². The summed E-state index contributed by atoms with van der Waals surface area (Å²) in [5.74, 6) is 2.68. The molecular formula is C23H34N4OS. The van der Waals surface area contributed by atoms with Crippen molar-refractivity contribution in [3.8, 4) is 0 Å². The van der Waals surface area contributed by atoms with Crippen LogP contribution in [0.1, 0.15) is 44.9 Å².